The molecule has 5 rings (SSSR count). The first kappa shape index (κ1) is 116. The number of rotatable bonds is 60. The molecule has 3 aromatic rings. The Balaban J connectivity index is 1.40. The van der Waals surface area contributed by atoms with E-state index in [0.29, 0.717) is 41.0 Å². The number of nitrogens with two attached hydrogens (primary N) is 1. The number of aliphatic hydroxyl groups excluding tert-OH is 2. The van der Waals surface area contributed by atoms with E-state index in [4.69, 9.17) is 5.73 Å². The van der Waals surface area contributed by atoms with Gasteiger partial charge in [-0.25, -0.2) is 4.79 Å². The minimum Gasteiger partial charge on any atom is -0.508 e. The van der Waals surface area contributed by atoms with E-state index < -0.39 is 272 Å². The maximum Gasteiger partial charge on any atom is 0.326 e. The summed E-state index contributed by atoms with van der Waals surface area (Å²) in [6.45, 7) is 9.72. The van der Waals surface area contributed by atoms with E-state index in [1.165, 1.54) is 88.7 Å². The van der Waals surface area contributed by atoms with Crippen molar-refractivity contribution in [2.45, 2.75) is 267 Å². The number of aromatic hydroxyl groups is 2. The first-order valence-electron chi connectivity index (χ1n) is 45.4. The van der Waals surface area contributed by atoms with Crippen LogP contribution in [0.15, 0.2) is 78.9 Å². The second-order valence-corrected chi connectivity index (χ2v) is 37.4. The second-order valence-electron chi connectivity index (χ2n) is 34.5. The molecule has 3 aromatic carbocycles. The largest absolute Gasteiger partial charge is 0.508 e. The van der Waals surface area contributed by atoms with Crippen molar-refractivity contribution in [2.75, 3.05) is 55.7 Å². The van der Waals surface area contributed by atoms with Crippen LogP contribution in [0.5, 0.6) is 11.5 Å². The van der Waals surface area contributed by atoms with E-state index >= 15 is 14.4 Å². The predicted octanol–water partition coefficient (Wildman–Crippen LogP) is -1.20. The van der Waals surface area contributed by atoms with Crippen LogP contribution in [0.1, 0.15) is 161 Å². The molecule has 2 fully saturated rings. The fourth-order valence-electron chi connectivity index (χ4n) is 15.2. The van der Waals surface area contributed by atoms with Crippen LogP contribution >= 0.6 is 35.3 Å². The van der Waals surface area contributed by atoms with Gasteiger partial charge in [0, 0.05) is 45.2 Å². The first-order chi connectivity index (χ1) is 64.9. The maximum atomic E-state index is 15.3. The highest BCUT2D eigenvalue weighted by atomic mass is 32.2. The van der Waals surface area contributed by atoms with E-state index in [0.717, 1.165) is 11.8 Å². The van der Waals surface area contributed by atoms with Gasteiger partial charge in [0.2, 0.25) is 88.6 Å². The van der Waals surface area contributed by atoms with Gasteiger partial charge < -0.3 is 126 Å². The van der Waals surface area contributed by atoms with Crippen molar-refractivity contribution in [3.63, 3.8) is 0 Å². The number of amides is 15. The van der Waals surface area contributed by atoms with Crippen LogP contribution in [0.4, 0.5) is 0 Å². The zero-order valence-corrected chi connectivity index (χ0v) is 81.0. The minimum atomic E-state index is -2.05. The quantitative estimate of drug-likeness (QED) is 0.0315. The fourth-order valence-corrected chi connectivity index (χ4v) is 16.6. The molecule has 19 atom stereocenters. The number of thioether (sulfide) groups is 3. The monoisotopic (exact) mass is 1980 g/mol. The Morgan fingerprint density at radius 1 is 0.387 bits per heavy atom. The van der Waals surface area contributed by atoms with Gasteiger partial charge >= 0.3 is 23.9 Å². The first-order valence-corrected chi connectivity index (χ1v) is 49.6. The summed E-state index contributed by atoms with van der Waals surface area (Å²) in [5, 5.41) is 115. The number of phenolic OH excluding ortho intramolecular Hbond substituents is 2. The number of hydrogen-bond donors (Lipinski definition) is 22. The molecule has 0 unspecified atom stereocenters. The number of carboxylic acid groups (broad SMARTS) is 4. The van der Waals surface area contributed by atoms with Gasteiger partial charge in [0.25, 0.3) is 0 Å². The van der Waals surface area contributed by atoms with Gasteiger partial charge in [-0.2, -0.15) is 35.3 Å². The van der Waals surface area contributed by atoms with E-state index in [1.54, 1.807) is 78.1 Å². The number of nitrogens with one attached hydrogen (secondary N) is 13. The molecule has 15 amide bonds. The van der Waals surface area contributed by atoms with Crippen LogP contribution in [0, 0.1) is 17.8 Å². The number of carbonyl (C=O) groups excluding carboxylic acids is 15. The highest BCUT2D eigenvalue weighted by Crippen LogP contribution is 2.25. The molecule has 0 aromatic heterocycles. The number of aliphatic hydroxyl groups is 2. The molecule has 0 bridgehead atoms. The molecule has 0 aliphatic carbocycles. The number of likely N-dealkylation sites (tertiary alicyclic amines) is 2. The molecule has 43 nitrogen and oxygen atoms in total. The highest BCUT2D eigenvalue weighted by Gasteiger charge is 2.45. The Kier molecular flexibility index (Phi) is 49.5. The Labute approximate surface area is 807 Å². The lowest BCUT2D eigenvalue weighted by Gasteiger charge is -2.31. The van der Waals surface area contributed by atoms with Crippen molar-refractivity contribution in [2.24, 2.45) is 23.5 Å². The summed E-state index contributed by atoms with van der Waals surface area (Å²) < 4.78 is 0. The summed E-state index contributed by atoms with van der Waals surface area (Å²) >= 11 is 4.13. The van der Waals surface area contributed by atoms with E-state index in [-0.39, 0.29) is 101 Å². The summed E-state index contributed by atoms with van der Waals surface area (Å²) in [5.74, 6) is -22.1. The van der Waals surface area contributed by atoms with E-state index in [1.807, 2.05) is 12.5 Å². The van der Waals surface area contributed by atoms with Crippen LogP contribution in [-0.4, -0.2) is 322 Å². The van der Waals surface area contributed by atoms with Crippen molar-refractivity contribution in [3.05, 3.63) is 95.6 Å². The molecule has 2 heterocycles. The van der Waals surface area contributed by atoms with Crippen LogP contribution < -0.4 is 74.9 Å². The molecule has 46 heteroatoms. The number of carboxylic acids is 4. The molecule has 2 aliphatic rings. The number of nitrogens with zero attached hydrogens (tertiary/aromatic N) is 2. The molecule has 23 N–H and O–H groups in total. The summed E-state index contributed by atoms with van der Waals surface area (Å²) in [4.78, 5) is 268. The van der Waals surface area contributed by atoms with Gasteiger partial charge in [0.05, 0.1) is 25.2 Å². The van der Waals surface area contributed by atoms with Gasteiger partial charge in [-0.15, -0.1) is 0 Å². The normalized spacial score (nSPS) is 17.2. The van der Waals surface area contributed by atoms with Gasteiger partial charge in [-0.1, -0.05) is 109 Å². The number of phenols is 2. The molecular weight excluding hydrogens is 1850 g/mol. The zero-order chi connectivity index (χ0) is 102. The molecule has 758 valence electrons. The smallest absolute Gasteiger partial charge is 0.326 e. The molecular formula is C91H134N16O27S3. The highest BCUT2D eigenvalue weighted by molar-refractivity contribution is 7.99. The SMILES string of the molecule is CC[C@H](C)[C@H](NC(=O)[C@H](CC(C)C)NC(=O)[C@H](CCC(=O)O)NC(=O)[C@@H](NC(=O)[C@H](CO)NC(=O)[C@H](Cc1ccc(O)cc1)NC(=O)[C@@H]1CCCN1C(=O)[C@H](CCSC)NC(=O)[C@@H](N)CCSC)[C@@H](C)O)C(=O)N[C@@H](Cc1ccccc1)C(=O)N[C@@H](Cc1ccc(O)cc1)C(=O)N[C@H](C(=O)N[C@@H](CCC(=O)O)C(=O)N[C@@H](CCSC)C(=O)N[C@@H](CC(=O)O)C(=O)N1CCC[C@H]1C(=O)O)[C@@H](C)CC. The Morgan fingerprint density at radius 3 is 1.17 bits per heavy atom. The van der Waals surface area contributed by atoms with Crippen molar-refractivity contribution in [1.29, 1.82) is 0 Å². The van der Waals surface area contributed by atoms with E-state index in [2.05, 4.69) is 69.1 Å². The summed E-state index contributed by atoms with van der Waals surface area (Å²) in [6.07, 6.45) is -0.0310. The Hall–Kier alpha value is -11.9. The average Bonchev–Trinajstić information content (AvgIpc) is 1.74. The fraction of sp³-hybridized carbons (Fsp3) is 0.593. The third-order valence-electron chi connectivity index (χ3n) is 23.4. The van der Waals surface area contributed by atoms with Gasteiger partial charge in [-0.05, 0) is 166 Å². The maximum absolute atomic E-state index is 15.3. The number of carbonyl (C=O) groups is 19. The zero-order valence-electron chi connectivity index (χ0n) is 78.6. The lowest BCUT2D eigenvalue weighted by Crippen LogP contribution is -2.63. The lowest BCUT2D eigenvalue weighted by molar-refractivity contribution is -0.150. The Morgan fingerprint density at radius 2 is 0.730 bits per heavy atom. The van der Waals surface area contributed by atoms with Crippen molar-refractivity contribution in [1.82, 2.24) is 78.9 Å². The molecule has 2 saturated heterocycles. The molecule has 137 heavy (non-hydrogen) atoms. The topological polar surface area (TPSA) is 675 Å². The molecule has 2 aliphatic heterocycles. The van der Waals surface area contributed by atoms with Gasteiger partial charge in [-0.3, -0.25) is 86.3 Å². The number of benzene rings is 3. The van der Waals surface area contributed by atoms with Crippen LogP contribution in [0.3, 0.4) is 0 Å². The molecule has 0 spiro atoms. The van der Waals surface area contributed by atoms with Crippen LogP contribution in [-0.2, 0) is 110 Å². The molecule has 0 radical (unpaired) electrons. The van der Waals surface area contributed by atoms with Crippen LogP contribution in [0.25, 0.3) is 0 Å². The van der Waals surface area contributed by atoms with Crippen molar-refractivity contribution in [3.8, 4) is 11.5 Å². The number of aliphatic carboxylic acids is 4. The van der Waals surface area contributed by atoms with Crippen molar-refractivity contribution < 1.29 is 132 Å². The van der Waals surface area contributed by atoms with Gasteiger partial charge in [0.15, 0.2) is 0 Å². The Bertz CT molecular complexity index is 4600. The molecule has 0 saturated carbocycles. The average molecular weight is 1980 g/mol. The second kappa shape index (κ2) is 58.6. The van der Waals surface area contributed by atoms with E-state index in [9.17, 15) is 118 Å². The summed E-state index contributed by atoms with van der Waals surface area (Å²) in [7, 11) is 0. The third kappa shape index (κ3) is 38.2. The lowest BCUT2D eigenvalue weighted by atomic mass is 9.95. The standard InChI is InChI=1S/C91H134N16O27S3/c1-11-49(5)73(86(128)94-58(30-32-70(112)113)77(119)93-60(35-40-136-9)79(121)101-66(46-72(116)117)90(132)107-38-17-21-69(107)91(133)134)104-83(125)65(45-54-24-28-56(111)29-25-54)98-80(122)64(43-52-18-14-13-15-19-52)100-87(129)74(50(6)12-2)103-82(124)62(42-48(3)4)97-78(120)59(31-33-71(114)115)95-88(130)75(51(7)109)105-84(126)67(47-108)102-81(123)63(44-53-22-26-55(110)27-23-53)99-85(127)68-20-16-37-106(68)89(131)61(36-41-137-10)96-76(118)57(92)34-39-135-8/h13-15,18-19,22-29,48-51,57-69,73-75,108-111H,11-12,16-17,20-21,30-47,92H2,1-10H3,(H,93,119)(H,94,128)(H,95,130)(H,96,118)(H,97,120)(H,98,122)(H,99,127)(H,100,129)(H,101,121)(H,102,123)(H,103,124)(H,104,125)(H,105,126)(H,112,113)(H,114,115)(H,116,117)(H,133,134)/t49-,50-,51+,57-,58-,59-,60-,61-,62-,63-,64-,65-,66-,67-,68-,69-,73-,74-,75-/m0/s1. The minimum absolute atomic E-state index is 0.0562. The van der Waals surface area contributed by atoms with Crippen molar-refractivity contribution >= 4 is 148 Å². The van der Waals surface area contributed by atoms with Gasteiger partial charge in [0.1, 0.15) is 102 Å². The van der Waals surface area contributed by atoms with Crippen LogP contribution in [0.2, 0.25) is 0 Å². The predicted molar refractivity (Wildman–Crippen MR) is 506 cm³/mol. The number of hydrogen-bond acceptors (Lipinski definition) is 27. The summed E-state index contributed by atoms with van der Waals surface area (Å²) in [5.41, 5.74) is 7.31. The third-order valence-corrected chi connectivity index (χ3v) is 25.3. The summed E-state index contributed by atoms with van der Waals surface area (Å²) in [6, 6.07) is -6.00.